The summed E-state index contributed by atoms with van der Waals surface area (Å²) in [4.78, 5) is 83.5. The number of anilines is 11. The second-order valence-electron chi connectivity index (χ2n) is 24.4. The van der Waals surface area contributed by atoms with Crippen LogP contribution < -0.4 is 52.3 Å². The van der Waals surface area contributed by atoms with E-state index in [9.17, 15) is 14.4 Å². The van der Waals surface area contributed by atoms with Crippen LogP contribution in [0.1, 0.15) is 11.7 Å². The number of fused-ring (bicyclic) bond motifs is 3. The lowest BCUT2D eigenvalue weighted by atomic mass is 10.1. The standard InChI is InChI=1S/C27H27N7O.C26H25N7O.C26H24N6O2/c1-3-25(35)30-21-11-12-28-24(17-21)23-6-4-5-19-18-29-27(32-26(19)23)31-20-7-9-22(10-8-20)34-15-13-33(2)14-16-34;1-2-24(34)30-20-10-11-28-23(16-20)22-5-3-4-18-17-29-26(32-25(18)22)31-19-6-8-21(9-7-19)33-14-12-27-13-15-33;1-2-24(33)30-20-10-11-28-22(14-20)21-5-3-4-18-15-29-26(32-25(18)21)31-19-8-6-17(7-9-19)23-16-27-12-13-34-23/h3-12,17-18H,1,13-16H2,2H3,(H,28,30,35)(H,29,31,32);2-11,16-17,27H,1,12-15H2,(H,28,30,34)(H,29,31,32);2-11,14-15,23,27H,1,12-13,16H2,(H,28,30,33)(H,29,31,32). The molecule has 3 fully saturated rings. The molecule has 12 aromatic rings. The molecule has 516 valence electrons. The van der Waals surface area contributed by atoms with Gasteiger partial charge >= 0.3 is 0 Å². The van der Waals surface area contributed by atoms with Crippen molar-refractivity contribution in [1.82, 2.24) is 60.4 Å². The van der Waals surface area contributed by atoms with Crippen molar-refractivity contribution < 1.29 is 19.1 Å². The third-order valence-corrected chi connectivity index (χ3v) is 17.4. The number of benzene rings is 6. The van der Waals surface area contributed by atoms with E-state index in [1.165, 1.54) is 29.6 Å². The summed E-state index contributed by atoms with van der Waals surface area (Å²) in [5.41, 5.74) is 15.2. The minimum absolute atomic E-state index is 0.0711. The highest BCUT2D eigenvalue weighted by molar-refractivity contribution is 6.02. The highest BCUT2D eigenvalue weighted by Gasteiger charge is 2.19. The first-order valence-corrected chi connectivity index (χ1v) is 33.8. The Morgan fingerprint density at radius 3 is 1.18 bits per heavy atom. The van der Waals surface area contributed by atoms with Crippen molar-refractivity contribution in [2.24, 2.45) is 0 Å². The summed E-state index contributed by atoms with van der Waals surface area (Å²) in [6, 6.07) is 53.1. The monoisotopic (exact) mass is 1370 g/mol. The summed E-state index contributed by atoms with van der Waals surface area (Å²) in [6.07, 6.45) is 14.1. The van der Waals surface area contributed by atoms with Gasteiger partial charge in [-0.3, -0.25) is 29.3 Å². The van der Waals surface area contributed by atoms with E-state index in [0.29, 0.717) is 52.0 Å². The quantitative estimate of drug-likeness (QED) is 0.0371. The van der Waals surface area contributed by atoms with E-state index in [1.807, 2.05) is 97.1 Å². The molecule has 0 spiro atoms. The molecule has 3 amide bonds. The summed E-state index contributed by atoms with van der Waals surface area (Å²) in [7, 11) is 2.16. The topological polar surface area (TPSA) is 282 Å². The van der Waals surface area contributed by atoms with E-state index in [1.54, 1.807) is 55.4 Å². The van der Waals surface area contributed by atoms with Crippen molar-refractivity contribution in [3.8, 4) is 33.8 Å². The number of amides is 3. The molecule has 15 rings (SSSR count). The Kier molecular flexibility index (Phi) is 22.0. The van der Waals surface area contributed by atoms with Gasteiger partial charge in [0.05, 0.1) is 46.3 Å². The Bertz CT molecular complexity index is 4810. The zero-order valence-electron chi connectivity index (χ0n) is 56.8. The fourth-order valence-corrected chi connectivity index (χ4v) is 12.0. The Labute approximate surface area is 595 Å². The molecule has 3 aliphatic rings. The van der Waals surface area contributed by atoms with Crippen LogP contribution in [0.3, 0.4) is 0 Å². The number of aromatic nitrogens is 9. The van der Waals surface area contributed by atoms with Crippen LogP contribution in [0, 0.1) is 0 Å². The number of rotatable bonds is 18. The molecule has 3 aliphatic heterocycles. The summed E-state index contributed by atoms with van der Waals surface area (Å²) in [5, 5.41) is 27.6. The number of carbonyl (C=O) groups excluding carboxylic acids is 3. The fraction of sp³-hybridized carbons (Fsp3) is 0.165. The Balaban J connectivity index is 0.000000138. The number of morpholine rings is 1. The molecular weight excluding hydrogens is 1290 g/mol. The molecule has 103 heavy (non-hydrogen) atoms. The molecule has 0 radical (unpaired) electrons. The van der Waals surface area contributed by atoms with Gasteiger partial charge in [-0.25, -0.2) is 29.9 Å². The van der Waals surface area contributed by atoms with Crippen LogP contribution in [-0.2, 0) is 19.1 Å². The predicted octanol–water partition coefficient (Wildman–Crippen LogP) is 12.5. The second kappa shape index (κ2) is 33.0. The van der Waals surface area contributed by atoms with E-state index in [2.05, 4.69) is 162 Å². The van der Waals surface area contributed by atoms with Gasteiger partial charge in [-0.15, -0.1) is 0 Å². The summed E-state index contributed by atoms with van der Waals surface area (Å²) in [6.45, 7) is 21.2. The number of piperazine rings is 2. The number of nitrogens with one attached hydrogen (secondary N) is 8. The molecule has 8 N–H and O–H groups in total. The molecule has 0 saturated carbocycles. The smallest absolute Gasteiger partial charge is 0.247 e. The average Bonchev–Trinajstić information content (AvgIpc) is 0.810. The van der Waals surface area contributed by atoms with Crippen molar-refractivity contribution >= 4 is 114 Å². The minimum Gasteiger partial charge on any atom is -0.371 e. The zero-order chi connectivity index (χ0) is 70.9. The number of carbonyl (C=O) groups is 3. The first kappa shape index (κ1) is 68.8. The first-order chi connectivity index (χ1) is 50.5. The molecule has 0 bridgehead atoms. The second-order valence-corrected chi connectivity index (χ2v) is 24.4. The van der Waals surface area contributed by atoms with Crippen molar-refractivity contribution in [2.75, 3.05) is 121 Å². The van der Waals surface area contributed by atoms with Crippen LogP contribution in [0.5, 0.6) is 0 Å². The van der Waals surface area contributed by atoms with Crippen molar-refractivity contribution in [3.63, 3.8) is 0 Å². The number of para-hydroxylation sites is 3. The maximum absolute atomic E-state index is 11.7. The molecule has 24 heteroatoms. The number of hydrogen-bond donors (Lipinski definition) is 8. The van der Waals surface area contributed by atoms with Gasteiger partial charge in [0.1, 0.15) is 0 Å². The number of likely N-dealkylation sites (N-methyl/N-ethyl adjacent to an activating group) is 1. The summed E-state index contributed by atoms with van der Waals surface area (Å²) >= 11 is 0. The summed E-state index contributed by atoms with van der Waals surface area (Å²) in [5.74, 6) is 0.680. The third-order valence-electron chi connectivity index (χ3n) is 17.4. The summed E-state index contributed by atoms with van der Waals surface area (Å²) < 4.78 is 5.82. The lowest BCUT2D eigenvalue weighted by Crippen LogP contribution is -2.44. The van der Waals surface area contributed by atoms with Gasteiger partial charge in [-0.1, -0.05) is 86.5 Å². The largest absolute Gasteiger partial charge is 0.371 e. The van der Waals surface area contributed by atoms with Crippen molar-refractivity contribution in [1.29, 1.82) is 0 Å². The van der Waals surface area contributed by atoms with Gasteiger partial charge in [0, 0.05) is 181 Å². The lowest BCUT2D eigenvalue weighted by molar-refractivity contribution is -0.112. The molecular formula is C79H76N20O4. The molecule has 9 heterocycles. The number of hydrogen-bond acceptors (Lipinski definition) is 21. The fourth-order valence-electron chi connectivity index (χ4n) is 12.0. The van der Waals surface area contributed by atoms with Gasteiger partial charge in [0.25, 0.3) is 0 Å². The van der Waals surface area contributed by atoms with Crippen LogP contribution in [0.4, 0.5) is 63.3 Å². The highest BCUT2D eigenvalue weighted by Crippen LogP contribution is 2.33. The van der Waals surface area contributed by atoms with Gasteiger partial charge in [-0.2, -0.15) is 0 Å². The van der Waals surface area contributed by atoms with E-state index in [4.69, 9.17) is 19.7 Å². The van der Waals surface area contributed by atoms with Gasteiger partial charge in [0.2, 0.25) is 35.6 Å². The number of pyridine rings is 3. The third kappa shape index (κ3) is 17.6. The molecule has 24 nitrogen and oxygen atoms in total. The molecule has 3 saturated heterocycles. The van der Waals surface area contributed by atoms with Crippen LogP contribution >= 0.6 is 0 Å². The zero-order valence-corrected chi connectivity index (χ0v) is 56.8. The van der Waals surface area contributed by atoms with E-state index >= 15 is 0 Å². The van der Waals surface area contributed by atoms with E-state index in [-0.39, 0.29) is 23.8 Å². The van der Waals surface area contributed by atoms with Crippen LogP contribution in [0.2, 0.25) is 0 Å². The van der Waals surface area contributed by atoms with Gasteiger partial charge in [0.15, 0.2) is 0 Å². The van der Waals surface area contributed by atoms with Crippen LogP contribution in [0.15, 0.2) is 239 Å². The Hall–Kier alpha value is -12.7. The predicted molar refractivity (Wildman–Crippen MR) is 410 cm³/mol. The first-order valence-electron chi connectivity index (χ1n) is 33.8. The Morgan fingerprint density at radius 2 is 0.816 bits per heavy atom. The lowest BCUT2D eigenvalue weighted by Gasteiger charge is -2.34. The SMILES string of the molecule is C=CC(=O)Nc1ccnc(-c2cccc3cnc(Nc4ccc(C5CNCCO5)cc4)nc23)c1.C=CC(=O)Nc1ccnc(-c2cccc3cnc(Nc4ccc(N5CCN(C)CC5)cc4)nc23)c1.C=CC(=O)Nc1ccnc(-c2cccc3cnc(Nc4ccc(N5CCNCC5)cc4)nc23)c1. The molecule has 1 unspecified atom stereocenters. The highest BCUT2D eigenvalue weighted by atomic mass is 16.5. The number of nitrogens with zero attached hydrogens (tertiary/aromatic N) is 12. The van der Waals surface area contributed by atoms with Crippen LogP contribution in [0.25, 0.3) is 66.5 Å². The molecule has 0 aliphatic carbocycles. The van der Waals surface area contributed by atoms with Crippen molar-refractivity contribution in [3.05, 3.63) is 245 Å². The van der Waals surface area contributed by atoms with Gasteiger partial charge < -0.3 is 62.0 Å². The van der Waals surface area contributed by atoms with E-state index < -0.39 is 0 Å². The van der Waals surface area contributed by atoms with Gasteiger partial charge in [-0.05, 0) is 128 Å². The normalized spacial score (nSPS) is 14.4. The molecule has 6 aromatic carbocycles. The maximum Gasteiger partial charge on any atom is 0.247 e. The average molecular weight is 1370 g/mol. The van der Waals surface area contributed by atoms with Crippen LogP contribution in [-0.4, -0.2) is 147 Å². The maximum atomic E-state index is 11.7. The molecule has 1 atom stereocenters. The Morgan fingerprint density at radius 1 is 0.437 bits per heavy atom. The number of ether oxygens (including phenoxy) is 1. The molecule has 6 aromatic heterocycles. The van der Waals surface area contributed by atoms with Crippen molar-refractivity contribution in [2.45, 2.75) is 6.10 Å². The minimum atomic E-state index is -0.277. The van der Waals surface area contributed by atoms with E-state index in [0.717, 1.165) is 144 Å².